The van der Waals surface area contributed by atoms with Crippen LogP contribution < -0.4 is 4.57 Å². The molecule has 0 spiro atoms. The molecule has 2 heterocycles. The van der Waals surface area contributed by atoms with Crippen molar-refractivity contribution in [1.82, 2.24) is 5.01 Å². The van der Waals surface area contributed by atoms with Crippen molar-refractivity contribution in [3.8, 4) is 0 Å². The Hall–Kier alpha value is -2.18. The Morgan fingerprint density at radius 2 is 2.04 bits per heavy atom. The van der Waals surface area contributed by atoms with Crippen LogP contribution in [-0.4, -0.2) is 74.5 Å². The van der Waals surface area contributed by atoms with Crippen LogP contribution in [0.3, 0.4) is 0 Å². The van der Waals surface area contributed by atoms with Crippen molar-refractivity contribution in [2.45, 2.75) is 49.6 Å². The van der Waals surface area contributed by atoms with Gasteiger partial charge in [-0.2, -0.15) is 4.57 Å². The summed E-state index contributed by atoms with van der Waals surface area (Å²) in [5.74, 6) is -1.47. The van der Waals surface area contributed by atoms with Gasteiger partial charge in [-0.05, 0) is 18.9 Å². The zero-order chi connectivity index (χ0) is 20.1. The predicted octanol–water partition coefficient (Wildman–Crippen LogP) is -1.53. The van der Waals surface area contributed by atoms with E-state index in [0.717, 1.165) is 0 Å². The van der Waals surface area contributed by atoms with E-state index in [4.69, 9.17) is 9.84 Å². The minimum Gasteiger partial charge on any atom is -0.479 e. The summed E-state index contributed by atoms with van der Waals surface area (Å²) < 4.78 is 6.59. The van der Waals surface area contributed by atoms with Gasteiger partial charge in [0.15, 0.2) is 24.6 Å². The molecule has 1 saturated heterocycles. The van der Waals surface area contributed by atoms with Gasteiger partial charge < -0.3 is 30.3 Å². The van der Waals surface area contributed by atoms with Crippen LogP contribution in [0.4, 0.5) is 0 Å². The standard InChI is InChI=1S/C16H23N3O8/c1-18(17-26)6-3-5-10(20)9-4-2-7-19(8-9)15-13(23)11(21)12(22)14(27-15)16(24)25/h2,4,7-8,10-15,20-23H,3,5-6H2,1H3/p+1/t10?,11-,12-,13-,14?,15+/m0/s1. The summed E-state index contributed by atoms with van der Waals surface area (Å²) in [6.45, 7) is 0.377. The van der Waals surface area contributed by atoms with E-state index in [9.17, 15) is 30.1 Å². The van der Waals surface area contributed by atoms with Gasteiger partial charge in [-0.15, -0.1) is 4.91 Å². The molecule has 1 fully saturated rings. The number of aromatic nitrogens is 1. The molecule has 2 unspecified atom stereocenters. The quantitative estimate of drug-likeness (QED) is 0.202. The monoisotopic (exact) mass is 386 g/mol. The molecule has 6 atom stereocenters. The number of aliphatic hydroxyl groups excluding tert-OH is 4. The smallest absolute Gasteiger partial charge is 0.335 e. The Balaban J connectivity index is 2.13. The van der Waals surface area contributed by atoms with Crippen LogP contribution in [0.1, 0.15) is 30.7 Å². The zero-order valence-corrected chi connectivity index (χ0v) is 14.7. The highest BCUT2D eigenvalue weighted by Gasteiger charge is 2.51. The van der Waals surface area contributed by atoms with E-state index in [0.29, 0.717) is 24.9 Å². The number of ether oxygens (including phenoxy) is 1. The number of carboxylic acid groups (broad SMARTS) is 1. The second-order valence-electron chi connectivity index (χ2n) is 6.46. The van der Waals surface area contributed by atoms with Crippen LogP contribution >= 0.6 is 0 Å². The molecule has 27 heavy (non-hydrogen) atoms. The molecule has 1 aliphatic heterocycles. The molecule has 0 amide bonds. The number of carbonyl (C=O) groups is 1. The lowest BCUT2D eigenvalue weighted by molar-refractivity contribution is -0.777. The number of nitroso groups, excluding NO2 is 1. The summed E-state index contributed by atoms with van der Waals surface area (Å²) in [7, 11) is 1.52. The molecule has 1 aliphatic rings. The minimum absolute atomic E-state index is 0.344. The van der Waals surface area contributed by atoms with Gasteiger partial charge in [0.2, 0.25) is 0 Å². The fraction of sp³-hybridized carbons (Fsp3) is 0.625. The number of aliphatic hydroxyl groups is 4. The summed E-state index contributed by atoms with van der Waals surface area (Å²) in [5, 5.41) is 53.2. The first-order valence-electron chi connectivity index (χ1n) is 8.42. The maximum absolute atomic E-state index is 11.2. The van der Waals surface area contributed by atoms with Crippen molar-refractivity contribution >= 4 is 5.97 Å². The average molecular weight is 386 g/mol. The maximum Gasteiger partial charge on any atom is 0.335 e. The van der Waals surface area contributed by atoms with E-state index in [1.54, 1.807) is 12.1 Å². The van der Waals surface area contributed by atoms with Crippen molar-refractivity contribution < 1.29 is 39.6 Å². The summed E-state index contributed by atoms with van der Waals surface area (Å²) in [6.07, 6.45) is -5.10. The van der Waals surface area contributed by atoms with Crippen LogP contribution in [0.15, 0.2) is 29.8 Å². The van der Waals surface area contributed by atoms with Crippen LogP contribution in [0.5, 0.6) is 0 Å². The normalized spacial score (nSPS) is 29.1. The van der Waals surface area contributed by atoms with Crippen molar-refractivity contribution in [3.63, 3.8) is 0 Å². The first-order chi connectivity index (χ1) is 12.8. The third-order valence-electron chi connectivity index (χ3n) is 4.45. The van der Waals surface area contributed by atoms with E-state index in [2.05, 4.69) is 5.29 Å². The number of hydrogen-bond donors (Lipinski definition) is 5. The number of aliphatic carboxylic acids is 1. The summed E-state index contributed by atoms with van der Waals surface area (Å²) in [6, 6.07) is 3.21. The molecular weight excluding hydrogens is 362 g/mol. The largest absolute Gasteiger partial charge is 0.479 e. The Morgan fingerprint density at radius 1 is 1.33 bits per heavy atom. The summed E-state index contributed by atoms with van der Waals surface area (Å²) in [4.78, 5) is 21.5. The van der Waals surface area contributed by atoms with Crippen molar-refractivity contribution in [2.75, 3.05) is 13.6 Å². The molecule has 1 aromatic rings. The van der Waals surface area contributed by atoms with E-state index in [1.807, 2.05) is 0 Å². The molecule has 0 radical (unpaired) electrons. The third kappa shape index (κ3) is 4.96. The van der Waals surface area contributed by atoms with Crippen LogP contribution in [0, 0.1) is 4.91 Å². The lowest BCUT2D eigenvalue weighted by Gasteiger charge is -2.35. The molecule has 1 aromatic heterocycles. The van der Waals surface area contributed by atoms with Gasteiger partial charge in [-0.25, -0.2) is 4.79 Å². The van der Waals surface area contributed by atoms with Gasteiger partial charge >= 0.3 is 5.97 Å². The Bertz CT molecular complexity index is 660. The third-order valence-corrected chi connectivity index (χ3v) is 4.45. The Morgan fingerprint density at radius 3 is 2.67 bits per heavy atom. The molecule has 2 rings (SSSR count). The number of hydrogen-bond acceptors (Lipinski definition) is 8. The average Bonchev–Trinajstić information content (AvgIpc) is 2.65. The lowest BCUT2D eigenvalue weighted by Crippen LogP contribution is -2.63. The SMILES string of the molecule is CN(CCCC(O)c1ccc[n+]([C@@H]2OC(C(=O)O)[C@@H](O)[C@H](O)[C@@H]2O)c1)N=O. The molecule has 0 saturated carbocycles. The van der Waals surface area contributed by atoms with Gasteiger partial charge in [-0.1, -0.05) is 0 Å². The highest BCUT2D eigenvalue weighted by Crippen LogP contribution is 2.26. The molecule has 5 N–H and O–H groups in total. The number of carboxylic acids is 1. The maximum atomic E-state index is 11.2. The van der Waals surface area contributed by atoms with Gasteiger partial charge in [0, 0.05) is 25.2 Å². The Labute approximate surface area is 155 Å². The van der Waals surface area contributed by atoms with Crippen LogP contribution in [-0.2, 0) is 9.53 Å². The number of nitrogens with zero attached hydrogens (tertiary/aromatic N) is 3. The molecule has 150 valence electrons. The Kier molecular flexibility index (Phi) is 7.16. The fourth-order valence-electron chi connectivity index (χ4n) is 2.90. The molecule has 11 heteroatoms. The van der Waals surface area contributed by atoms with E-state index in [1.165, 1.54) is 29.0 Å². The van der Waals surface area contributed by atoms with Crippen molar-refractivity contribution in [2.24, 2.45) is 5.29 Å². The highest BCUT2D eigenvalue weighted by molar-refractivity contribution is 5.73. The van der Waals surface area contributed by atoms with Gasteiger partial charge in [0.25, 0.3) is 6.23 Å². The molecule has 0 bridgehead atoms. The van der Waals surface area contributed by atoms with E-state index < -0.39 is 42.7 Å². The summed E-state index contributed by atoms with van der Waals surface area (Å²) in [5.41, 5.74) is 0.475. The number of pyridine rings is 1. The minimum atomic E-state index is -1.77. The predicted molar refractivity (Wildman–Crippen MR) is 88.8 cm³/mol. The zero-order valence-electron chi connectivity index (χ0n) is 14.7. The van der Waals surface area contributed by atoms with Crippen LogP contribution in [0.2, 0.25) is 0 Å². The van der Waals surface area contributed by atoms with E-state index in [-0.39, 0.29) is 0 Å². The highest BCUT2D eigenvalue weighted by atomic mass is 16.6. The number of rotatable bonds is 8. The second kappa shape index (κ2) is 9.15. The fourth-order valence-corrected chi connectivity index (χ4v) is 2.90. The van der Waals surface area contributed by atoms with Crippen molar-refractivity contribution in [1.29, 1.82) is 0 Å². The molecular formula is C16H24N3O8+. The van der Waals surface area contributed by atoms with E-state index >= 15 is 0 Å². The molecule has 0 aliphatic carbocycles. The molecule has 0 aromatic carbocycles. The van der Waals surface area contributed by atoms with Gasteiger partial charge in [-0.3, -0.25) is 5.01 Å². The van der Waals surface area contributed by atoms with Crippen LogP contribution in [0.25, 0.3) is 0 Å². The lowest BCUT2D eigenvalue weighted by atomic mass is 9.97. The van der Waals surface area contributed by atoms with Gasteiger partial charge in [0.1, 0.15) is 12.2 Å². The second-order valence-corrected chi connectivity index (χ2v) is 6.46. The van der Waals surface area contributed by atoms with Gasteiger partial charge in [0.05, 0.1) is 11.4 Å². The first kappa shape index (κ1) is 21.1. The topological polar surface area (TPSA) is 164 Å². The first-order valence-corrected chi connectivity index (χ1v) is 8.42. The molecule has 11 nitrogen and oxygen atoms in total. The summed E-state index contributed by atoms with van der Waals surface area (Å²) >= 11 is 0. The van der Waals surface area contributed by atoms with Crippen molar-refractivity contribution in [3.05, 3.63) is 35.0 Å².